The zero-order valence-electron chi connectivity index (χ0n) is 17.4. The van der Waals surface area contributed by atoms with Crippen molar-refractivity contribution in [3.8, 4) is 0 Å². The molecule has 0 amide bonds. The van der Waals surface area contributed by atoms with Crippen LogP contribution in [0.5, 0.6) is 0 Å². The highest BCUT2D eigenvalue weighted by Crippen LogP contribution is 2.38. The molecule has 0 fully saturated rings. The van der Waals surface area contributed by atoms with Crippen molar-refractivity contribution >= 4 is 22.4 Å². The summed E-state index contributed by atoms with van der Waals surface area (Å²) in [5.74, 6) is -0.194. The summed E-state index contributed by atoms with van der Waals surface area (Å²) < 4.78 is 18.3. The standard InChI is InChI=1S/C27H25FN2/c1-19-13-14-24-22(17-19)23-18-29(2)16-15-25(23)30(24)27(21-11-7-4-8-12-21)26(28)20-9-5-3-6-10-20/h3-14,17H,15-16,18H2,1-2H3. The van der Waals surface area contributed by atoms with Gasteiger partial charge in [-0.2, -0.15) is 0 Å². The monoisotopic (exact) mass is 396 g/mol. The summed E-state index contributed by atoms with van der Waals surface area (Å²) in [5, 5.41) is 1.23. The second-order valence-corrected chi connectivity index (χ2v) is 8.16. The molecule has 4 aromatic rings. The maximum atomic E-state index is 16.2. The summed E-state index contributed by atoms with van der Waals surface area (Å²) in [6, 6.07) is 25.8. The molecule has 150 valence electrons. The van der Waals surface area contributed by atoms with Gasteiger partial charge in [0.2, 0.25) is 0 Å². The Hall–Kier alpha value is -3.17. The van der Waals surface area contributed by atoms with Crippen LogP contribution in [-0.2, 0) is 13.0 Å². The number of rotatable bonds is 3. The largest absolute Gasteiger partial charge is 0.310 e. The highest BCUT2D eigenvalue weighted by Gasteiger charge is 2.26. The SMILES string of the molecule is Cc1ccc2c(c1)c1c(n2C(=C(F)c2ccccc2)c2ccccc2)CCN(C)C1. The highest BCUT2D eigenvalue weighted by atomic mass is 19.1. The van der Waals surface area contributed by atoms with Crippen LogP contribution < -0.4 is 0 Å². The average molecular weight is 397 g/mol. The molecular weight excluding hydrogens is 371 g/mol. The van der Waals surface area contributed by atoms with E-state index in [0.717, 1.165) is 30.6 Å². The maximum absolute atomic E-state index is 16.2. The number of likely N-dealkylation sites (N-methyl/N-ethyl adjacent to an activating group) is 1. The first-order chi connectivity index (χ1) is 14.6. The molecule has 0 spiro atoms. The molecule has 1 aliphatic heterocycles. The van der Waals surface area contributed by atoms with E-state index in [-0.39, 0.29) is 5.83 Å². The summed E-state index contributed by atoms with van der Waals surface area (Å²) >= 11 is 0. The van der Waals surface area contributed by atoms with E-state index in [2.05, 4.69) is 41.6 Å². The van der Waals surface area contributed by atoms with Crippen LogP contribution in [0, 0.1) is 6.92 Å². The minimum absolute atomic E-state index is 0.194. The summed E-state index contributed by atoms with van der Waals surface area (Å²) in [6.45, 7) is 3.98. The fourth-order valence-electron chi connectivity index (χ4n) is 4.53. The number of aryl methyl sites for hydroxylation is 1. The molecule has 0 aliphatic carbocycles. The number of aromatic nitrogens is 1. The van der Waals surface area contributed by atoms with Crippen LogP contribution in [0.15, 0.2) is 78.9 Å². The van der Waals surface area contributed by atoms with E-state index in [1.165, 1.54) is 22.2 Å². The van der Waals surface area contributed by atoms with E-state index >= 15 is 4.39 Å². The number of nitrogens with zero attached hydrogens (tertiary/aromatic N) is 2. The van der Waals surface area contributed by atoms with Crippen molar-refractivity contribution in [1.29, 1.82) is 0 Å². The normalized spacial score (nSPS) is 15.2. The molecule has 0 saturated heterocycles. The fourth-order valence-corrected chi connectivity index (χ4v) is 4.53. The average Bonchev–Trinajstić information content (AvgIpc) is 3.08. The fraction of sp³-hybridized carbons (Fsp3) is 0.185. The zero-order chi connectivity index (χ0) is 20.7. The first kappa shape index (κ1) is 18.8. The first-order valence-corrected chi connectivity index (χ1v) is 10.5. The molecule has 0 bridgehead atoms. The minimum atomic E-state index is -0.194. The quantitative estimate of drug-likeness (QED) is 0.370. The predicted octanol–water partition coefficient (Wildman–Crippen LogP) is 6.28. The summed E-state index contributed by atoms with van der Waals surface area (Å²) in [5.41, 5.74) is 6.96. The number of benzene rings is 3. The molecule has 0 N–H and O–H groups in total. The topological polar surface area (TPSA) is 8.17 Å². The van der Waals surface area contributed by atoms with Gasteiger partial charge in [0.25, 0.3) is 0 Å². The van der Waals surface area contributed by atoms with Gasteiger partial charge in [-0.3, -0.25) is 0 Å². The van der Waals surface area contributed by atoms with Gasteiger partial charge in [-0.25, -0.2) is 4.39 Å². The van der Waals surface area contributed by atoms with Crippen LogP contribution in [0.3, 0.4) is 0 Å². The molecule has 1 aromatic heterocycles. The Balaban J connectivity index is 1.88. The van der Waals surface area contributed by atoms with E-state index in [1.807, 2.05) is 60.7 Å². The van der Waals surface area contributed by atoms with Crippen molar-refractivity contribution < 1.29 is 4.39 Å². The molecule has 0 radical (unpaired) electrons. The summed E-state index contributed by atoms with van der Waals surface area (Å²) in [4.78, 5) is 2.34. The molecule has 0 atom stereocenters. The van der Waals surface area contributed by atoms with E-state index in [1.54, 1.807) is 0 Å². The van der Waals surface area contributed by atoms with Crippen LogP contribution in [0.25, 0.3) is 22.4 Å². The van der Waals surface area contributed by atoms with Crippen molar-refractivity contribution in [1.82, 2.24) is 9.47 Å². The third-order valence-corrected chi connectivity index (χ3v) is 6.00. The van der Waals surface area contributed by atoms with Gasteiger partial charge >= 0.3 is 0 Å². The molecular formula is C27H25FN2. The van der Waals surface area contributed by atoms with E-state index < -0.39 is 0 Å². The number of halogens is 1. The third-order valence-electron chi connectivity index (χ3n) is 6.00. The van der Waals surface area contributed by atoms with Gasteiger partial charge in [-0.1, -0.05) is 72.3 Å². The Bertz CT molecular complexity index is 1240. The number of fused-ring (bicyclic) bond motifs is 3. The summed E-state index contributed by atoms with van der Waals surface area (Å²) in [6.07, 6.45) is 0.901. The first-order valence-electron chi connectivity index (χ1n) is 10.5. The van der Waals surface area contributed by atoms with Crippen LogP contribution in [-0.4, -0.2) is 23.1 Å². The van der Waals surface area contributed by atoms with Crippen LogP contribution in [0.4, 0.5) is 4.39 Å². The lowest BCUT2D eigenvalue weighted by molar-refractivity contribution is 0.311. The number of hydrogen-bond acceptors (Lipinski definition) is 1. The van der Waals surface area contributed by atoms with E-state index in [4.69, 9.17) is 0 Å². The zero-order valence-corrected chi connectivity index (χ0v) is 17.4. The van der Waals surface area contributed by atoms with Crippen molar-refractivity contribution in [2.24, 2.45) is 0 Å². The van der Waals surface area contributed by atoms with Crippen LogP contribution >= 0.6 is 0 Å². The van der Waals surface area contributed by atoms with Crippen LogP contribution in [0.2, 0.25) is 0 Å². The van der Waals surface area contributed by atoms with Gasteiger partial charge in [0.05, 0.1) is 11.2 Å². The minimum Gasteiger partial charge on any atom is -0.310 e. The Morgan fingerprint density at radius 2 is 1.53 bits per heavy atom. The Morgan fingerprint density at radius 3 is 2.23 bits per heavy atom. The van der Waals surface area contributed by atoms with Gasteiger partial charge in [-0.15, -0.1) is 0 Å². The third kappa shape index (κ3) is 3.16. The molecule has 2 heterocycles. The molecule has 30 heavy (non-hydrogen) atoms. The maximum Gasteiger partial charge on any atom is 0.155 e. The van der Waals surface area contributed by atoms with Gasteiger partial charge in [-0.05, 0) is 31.7 Å². The highest BCUT2D eigenvalue weighted by molar-refractivity contribution is 5.96. The molecule has 0 saturated carbocycles. The second-order valence-electron chi connectivity index (χ2n) is 8.16. The Morgan fingerprint density at radius 1 is 0.867 bits per heavy atom. The molecule has 1 aliphatic rings. The Labute approximate surface area is 176 Å². The van der Waals surface area contributed by atoms with Crippen LogP contribution in [0.1, 0.15) is 27.9 Å². The molecule has 5 rings (SSSR count). The number of hydrogen-bond donors (Lipinski definition) is 0. The second kappa shape index (κ2) is 7.58. The van der Waals surface area contributed by atoms with E-state index in [0.29, 0.717) is 11.3 Å². The predicted molar refractivity (Wildman–Crippen MR) is 123 cm³/mol. The smallest absolute Gasteiger partial charge is 0.155 e. The van der Waals surface area contributed by atoms with Crippen molar-refractivity contribution in [3.63, 3.8) is 0 Å². The van der Waals surface area contributed by atoms with Crippen molar-refractivity contribution in [3.05, 3.63) is 107 Å². The van der Waals surface area contributed by atoms with Gasteiger partial charge in [0.1, 0.15) is 0 Å². The summed E-state index contributed by atoms with van der Waals surface area (Å²) in [7, 11) is 2.15. The van der Waals surface area contributed by atoms with Crippen molar-refractivity contribution in [2.75, 3.05) is 13.6 Å². The lowest BCUT2D eigenvalue weighted by Crippen LogP contribution is -2.27. The van der Waals surface area contributed by atoms with Gasteiger partial charge < -0.3 is 9.47 Å². The molecule has 0 unspecified atom stereocenters. The lowest BCUT2D eigenvalue weighted by atomic mass is 10.0. The lowest BCUT2D eigenvalue weighted by Gasteiger charge is -2.25. The van der Waals surface area contributed by atoms with Crippen molar-refractivity contribution in [2.45, 2.75) is 19.9 Å². The molecule has 3 heteroatoms. The Kier molecular flexibility index (Phi) is 4.76. The van der Waals surface area contributed by atoms with Gasteiger partial charge in [0, 0.05) is 41.7 Å². The van der Waals surface area contributed by atoms with E-state index in [9.17, 15) is 0 Å². The van der Waals surface area contributed by atoms with Gasteiger partial charge in [0.15, 0.2) is 5.83 Å². The molecule has 3 aromatic carbocycles. The molecule has 2 nitrogen and oxygen atoms in total.